The first kappa shape index (κ1) is 20.5. The van der Waals surface area contributed by atoms with E-state index in [1.165, 1.54) is 0 Å². The van der Waals surface area contributed by atoms with Gasteiger partial charge in [-0.2, -0.15) is 0 Å². The van der Waals surface area contributed by atoms with Crippen LogP contribution in [0.2, 0.25) is 0 Å². The van der Waals surface area contributed by atoms with Crippen molar-refractivity contribution in [1.82, 2.24) is 4.57 Å². The highest BCUT2D eigenvalue weighted by atomic mass is 16.7. The lowest BCUT2D eigenvalue weighted by Crippen LogP contribution is -2.57. The second kappa shape index (κ2) is 6.82. The molecule has 0 spiro atoms. The quantitative estimate of drug-likeness (QED) is 0.477. The fourth-order valence-corrected chi connectivity index (χ4v) is 4.38. The highest BCUT2D eigenvalue weighted by Crippen LogP contribution is 2.36. The molecule has 1 aromatic heterocycles. The minimum absolute atomic E-state index is 0.392. The smallest absolute Gasteiger partial charge is 0.399 e. The van der Waals surface area contributed by atoms with Crippen molar-refractivity contribution in [3.63, 3.8) is 0 Å². The maximum Gasteiger partial charge on any atom is 0.493 e. The predicted molar refractivity (Wildman–Crippen MR) is 133 cm³/mol. The number of hydrogen-bond acceptors (Lipinski definition) is 2. The van der Waals surface area contributed by atoms with E-state index in [0.717, 1.165) is 27.5 Å². The number of rotatable bonds is 2. The SMILES string of the molecule is [B]c1c(B2OC(C)(C)C(C)(C)O2)c([B])c2c3ccccc3n(-c3ccccc3)c2c1[B]. The zero-order valence-corrected chi connectivity index (χ0v) is 18.3. The van der Waals surface area contributed by atoms with Gasteiger partial charge in [0, 0.05) is 16.6 Å². The molecule has 0 unspecified atom stereocenters. The van der Waals surface area contributed by atoms with Crippen molar-refractivity contribution in [2.45, 2.75) is 38.9 Å². The fourth-order valence-electron chi connectivity index (χ4n) is 4.38. The molecular formula is C24H21B4NO2. The number of aromatic nitrogens is 1. The molecule has 2 heterocycles. The molecule has 0 atom stereocenters. The summed E-state index contributed by atoms with van der Waals surface area (Å²) in [5.41, 5.74) is 3.75. The van der Waals surface area contributed by atoms with Crippen LogP contribution in [0.4, 0.5) is 0 Å². The van der Waals surface area contributed by atoms with Crippen LogP contribution in [-0.4, -0.2) is 46.4 Å². The van der Waals surface area contributed by atoms with E-state index in [1.54, 1.807) is 0 Å². The lowest BCUT2D eigenvalue weighted by Gasteiger charge is -2.32. The van der Waals surface area contributed by atoms with E-state index in [1.807, 2.05) is 70.2 Å². The molecule has 1 aliphatic rings. The molecule has 0 amide bonds. The standard InChI is InChI=1S/C24H21B4NO2/c1-23(2)24(3,4)31-28(30-23)21-18(25)17-15-12-8-9-13-16(15)29(14-10-6-5-7-11-14)22(17)20(27)19(21)26/h5-13H,1-4H3. The molecular weight excluding hydrogens is 378 g/mol. The van der Waals surface area contributed by atoms with E-state index in [2.05, 4.69) is 16.7 Å². The van der Waals surface area contributed by atoms with Gasteiger partial charge in [0.05, 0.1) is 16.7 Å². The summed E-state index contributed by atoms with van der Waals surface area (Å²) in [6, 6.07) is 18.2. The summed E-state index contributed by atoms with van der Waals surface area (Å²) >= 11 is 0. The van der Waals surface area contributed by atoms with Gasteiger partial charge in [0.25, 0.3) is 0 Å². The molecule has 31 heavy (non-hydrogen) atoms. The summed E-state index contributed by atoms with van der Waals surface area (Å²) in [7, 11) is 19.4. The maximum absolute atomic E-state index is 6.79. The monoisotopic (exact) mass is 399 g/mol. The zero-order valence-electron chi connectivity index (χ0n) is 18.3. The highest BCUT2D eigenvalue weighted by Gasteiger charge is 2.52. The van der Waals surface area contributed by atoms with Gasteiger partial charge in [0.1, 0.15) is 23.5 Å². The summed E-state index contributed by atoms with van der Waals surface area (Å²) < 4.78 is 14.7. The molecule has 146 valence electrons. The van der Waals surface area contributed by atoms with Gasteiger partial charge in [-0.05, 0) is 56.7 Å². The van der Waals surface area contributed by atoms with Gasteiger partial charge in [-0.3, -0.25) is 0 Å². The summed E-state index contributed by atoms with van der Waals surface area (Å²) in [6.45, 7) is 8.01. The van der Waals surface area contributed by atoms with Gasteiger partial charge in [-0.25, -0.2) is 0 Å². The minimum Gasteiger partial charge on any atom is -0.399 e. The van der Waals surface area contributed by atoms with Crippen LogP contribution in [0.1, 0.15) is 27.7 Å². The lowest BCUT2D eigenvalue weighted by atomic mass is 9.60. The number of hydrogen-bond donors (Lipinski definition) is 0. The Hall–Kier alpha value is -2.36. The Morgan fingerprint density at radius 1 is 0.742 bits per heavy atom. The number of benzene rings is 3. The molecule has 1 fully saturated rings. The number of para-hydroxylation sites is 2. The van der Waals surface area contributed by atoms with E-state index < -0.39 is 18.3 Å². The Morgan fingerprint density at radius 3 is 1.97 bits per heavy atom. The highest BCUT2D eigenvalue weighted by molar-refractivity contribution is 6.77. The average Bonchev–Trinajstić information content (AvgIpc) is 3.18. The molecule has 1 saturated heterocycles. The third kappa shape index (κ3) is 2.86. The van der Waals surface area contributed by atoms with Gasteiger partial charge < -0.3 is 13.9 Å². The molecule has 3 nitrogen and oxygen atoms in total. The Labute approximate surface area is 187 Å². The molecule has 6 radical (unpaired) electrons. The fraction of sp³-hybridized carbons (Fsp3) is 0.250. The third-order valence-electron chi connectivity index (χ3n) is 6.77. The predicted octanol–water partition coefficient (Wildman–Crippen LogP) is 1.46. The lowest BCUT2D eigenvalue weighted by molar-refractivity contribution is 0.00578. The van der Waals surface area contributed by atoms with Crippen molar-refractivity contribution in [1.29, 1.82) is 0 Å². The van der Waals surface area contributed by atoms with Gasteiger partial charge >= 0.3 is 7.12 Å². The normalized spacial score (nSPS) is 17.6. The summed E-state index contributed by atoms with van der Waals surface area (Å²) in [5.74, 6) is 0. The van der Waals surface area contributed by atoms with Crippen LogP contribution in [0.3, 0.4) is 0 Å². The molecule has 7 heteroatoms. The molecule has 1 aliphatic heterocycles. The van der Waals surface area contributed by atoms with Crippen molar-refractivity contribution >= 4 is 74.3 Å². The van der Waals surface area contributed by atoms with E-state index in [4.69, 9.17) is 32.8 Å². The van der Waals surface area contributed by atoms with E-state index in [9.17, 15) is 0 Å². The second-order valence-electron chi connectivity index (χ2n) is 9.15. The topological polar surface area (TPSA) is 23.4 Å². The van der Waals surface area contributed by atoms with Gasteiger partial charge in [-0.15, -0.1) is 5.46 Å². The molecule has 5 rings (SSSR count). The molecule has 0 saturated carbocycles. The minimum atomic E-state index is -0.699. The summed E-state index contributed by atoms with van der Waals surface area (Å²) in [6.07, 6.45) is 0. The molecule has 0 aliphatic carbocycles. The number of fused-ring (bicyclic) bond motifs is 3. The van der Waals surface area contributed by atoms with E-state index in [-0.39, 0.29) is 0 Å². The Morgan fingerprint density at radius 2 is 1.32 bits per heavy atom. The van der Waals surface area contributed by atoms with Gasteiger partial charge in [0.15, 0.2) is 0 Å². The Bertz CT molecular complexity index is 1310. The van der Waals surface area contributed by atoms with Crippen LogP contribution in [0.15, 0.2) is 54.6 Å². The van der Waals surface area contributed by atoms with Crippen molar-refractivity contribution < 1.29 is 9.31 Å². The Balaban J connectivity index is 1.87. The molecule has 4 aromatic rings. The van der Waals surface area contributed by atoms with E-state index >= 15 is 0 Å². The van der Waals surface area contributed by atoms with Crippen molar-refractivity contribution in [2.24, 2.45) is 0 Å². The first-order valence-corrected chi connectivity index (χ1v) is 10.4. The van der Waals surface area contributed by atoms with Crippen molar-refractivity contribution in [3.8, 4) is 5.69 Å². The van der Waals surface area contributed by atoms with Gasteiger partial charge in [-0.1, -0.05) is 47.3 Å². The van der Waals surface area contributed by atoms with Crippen LogP contribution in [0, 0.1) is 0 Å². The summed E-state index contributed by atoms with van der Waals surface area (Å²) in [5, 5.41) is 1.86. The first-order valence-electron chi connectivity index (χ1n) is 10.4. The number of nitrogens with zero attached hydrogens (tertiary/aromatic N) is 1. The molecule has 3 aromatic carbocycles. The largest absolute Gasteiger partial charge is 0.493 e. The van der Waals surface area contributed by atoms with Crippen LogP contribution in [0.25, 0.3) is 27.5 Å². The molecule has 0 bridgehead atoms. The first-order chi connectivity index (χ1) is 14.6. The van der Waals surface area contributed by atoms with Gasteiger partial charge in [0.2, 0.25) is 0 Å². The molecule has 0 N–H and O–H groups in total. The van der Waals surface area contributed by atoms with Crippen LogP contribution < -0.4 is 21.9 Å². The van der Waals surface area contributed by atoms with Crippen molar-refractivity contribution in [2.75, 3.05) is 0 Å². The van der Waals surface area contributed by atoms with Crippen LogP contribution in [0.5, 0.6) is 0 Å². The maximum atomic E-state index is 6.79. The summed E-state index contributed by atoms with van der Waals surface area (Å²) in [4.78, 5) is 0. The third-order valence-corrected chi connectivity index (χ3v) is 6.77. The zero-order chi connectivity index (χ0) is 22.1. The van der Waals surface area contributed by atoms with Crippen LogP contribution >= 0.6 is 0 Å². The second-order valence-corrected chi connectivity index (χ2v) is 9.15. The average molecular weight is 399 g/mol. The van der Waals surface area contributed by atoms with Crippen LogP contribution in [-0.2, 0) is 9.31 Å². The van der Waals surface area contributed by atoms with E-state index in [0.29, 0.717) is 21.9 Å². The Kier molecular flexibility index (Phi) is 4.52. The van der Waals surface area contributed by atoms with Crippen molar-refractivity contribution in [3.05, 3.63) is 54.6 Å².